The molecule has 0 nitrogen and oxygen atoms in total. The van der Waals surface area contributed by atoms with Gasteiger partial charge in [0.25, 0.3) is 0 Å². The Bertz CT molecular complexity index is 209. The molecule has 1 aliphatic rings. The van der Waals surface area contributed by atoms with Gasteiger partial charge >= 0.3 is 0 Å². The molecule has 0 N–H and O–H groups in total. The molecule has 0 unspecified atom stereocenters. The van der Waals surface area contributed by atoms with Crippen LogP contribution in [0, 0.1) is 5.92 Å². The van der Waals surface area contributed by atoms with Gasteiger partial charge in [0.05, 0.1) is 0 Å². The van der Waals surface area contributed by atoms with Gasteiger partial charge in [-0.2, -0.15) is 0 Å². The van der Waals surface area contributed by atoms with Crippen molar-refractivity contribution < 1.29 is 4.11 Å². The second kappa shape index (κ2) is 5.40. The summed E-state index contributed by atoms with van der Waals surface area (Å²) in [5, 5.41) is 0. The summed E-state index contributed by atoms with van der Waals surface area (Å²) in [5.41, 5.74) is 0.554. The number of hydrogen-bond acceptors (Lipinski definition) is 0. The van der Waals surface area contributed by atoms with Crippen LogP contribution >= 0.6 is 0 Å². The molecular formula is C12H22. The SMILES string of the molecule is [2H]C([2H])([2H])/C(C)=C/CCC1CCCCC1. The molecule has 0 aliphatic heterocycles. The lowest BCUT2D eigenvalue weighted by Crippen LogP contribution is -2.05. The van der Waals surface area contributed by atoms with Crippen LogP contribution in [0.4, 0.5) is 0 Å². The first-order valence-corrected chi connectivity index (χ1v) is 5.17. The molecule has 1 fully saturated rings. The second-order valence-electron chi connectivity index (χ2n) is 3.97. The highest BCUT2D eigenvalue weighted by Gasteiger charge is 2.11. The third kappa shape index (κ3) is 3.94. The van der Waals surface area contributed by atoms with Crippen LogP contribution in [0.3, 0.4) is 0 Å². The lowest BCUT2D eigenvalue weighted by molar-refractivity contribution is 0.341. The van der Waals surface area contributed by atoms with Gasteiger partial charge in [-0.3, -0.25) is 0 Å². The molecule has 0 spiro atoms. The molecule has 0 aromatic rings. The monoisotopic (exact) mass is 169 g/mol. The van der Waals surface area contributed by atoms with Crippen molar-refractivity contribution >= 4 is 0 Å². The molecular weight excluding hydrogens is 144 g/mol. The smallest absolute Gasteiger partial charge is 0.0276 e. The predicted octanol–water partition coefficient (Wildman–Crippen LogP) is 4.31. The summed E-state index contributed by atoms with van der Waals surface area (Å²) in [7, 11) is 0. The molecule has 0 bridgehead atoms. The normalized spacial score (nSPS) is 26.1. The zero-order chi connectivity index (χ0) is 11.3. The van der Waals surface area contributed by atoms with E-state index in [0.29, 0.717) is 5.57 Å². The van der Waals surface area contributed by atoms with Gasteiger partial charge < -0.3 is 0 Å². The Kier molecular flexibility index (Phi) is 2.80. The van der Waals surface area contributed by atoms with E-state index < -0.39 is 6.85 Å². The molecule has 0 radical (unpaired) electrons. The summed E-state index contributed by atoms with van der Waals surface area (Å²) >= 11 is 0. The van der Waals surface area contributed by atoms with Gasteiger partial charge in [-0.05, 0) is 32.5 Å². The standard InChI is InChI=1S/C12H22/c1-11(2)7-6-10-12-8-4-3-5-9-12/h7,12H,3-6,8-10H2,1-2H3/i1D3/b11-7-. The number of hydrogen-bond donors (Lipinski definition) is 0. The quantitative estimate of drug-likeness (QED) is 0.552. The molecule has 0 aromatic heterocycles. The third-order valence-electron chi connectivity index (χ3n) is 2.75. The van der Waals surface area contributed by atoms with Crippen molar-refractivity contribution in [3.05, 3.63) is 11.6 Å². The molecule has 0 aromatic carbocycles. The van der Waals surface area contributed by atoms with Gasteiger partial charge in [0.1, 0.15) is 0 Å². The van der Waals surface area contributed by atoms with Crippen LogP contribution < -0.4 is 0 Å². The molecule has 0 amide bonds. The van der Waals surface area contributed by atoms with Gasteiger partial charge in [-0.15, -0.1) is 0 Å². The van der Waals surface area contributed by atoms with Crippen molar-refractivity contribution in [1.82, 2.24) is 0 Å². The summed E-state index contributed by atoms with van der Waals surface area (Å²) in [5.74, 6) is 0.847. The first-order chi connectivity index (χ1) is 7.00. The van der Waals surface area contributed by atoms with Gasteiger partial charge in [-0.25, -0.2) is 0 Å². The van der Waals surface area contributed by atoms with E-state index in [2.05, 4.69) is 0 Å². The van der Waals surface area contributed by atoms with E-state index in [0.717, 1.165) is 12.3 Å². The molecule has 1 aliphatic carbocycles. The number of rotatable bonds is 3. The maximum absolute atomic E-state index is 7.23. The fraction of sp³-hybridized carbons (Fsp3) is 0.833. The molecule has 1 saturated carbocycles. The fourth-order valence-corrected chi connectivity index (χ4v) is 2.01. The highest BCUT2D eigenvalue weighted by Crippen LogP contribution is 2.27. The number of allylic oxidation sites excluding steroid dienone is 2. The van der Waals surface area contributed by atoms with Crippen molar-refractivity contribution in [3.8, 4) is 0 Å². The first-order valence-electron chi connectivity index (χ1n) is 6.67. The maximum atomic E-state index is 7.23. The molecule has 0 saturated heterocycles. The summed E-state index contributed by atoms with van der Waals surface area (Å²) in [4.78, 5) is 0. The third-order valence-corrected chi connectivity index (χ3v) is 2.75. The van der Waals surface area contributed by atoms with E-state index in [1.165, 1.54) is 38.5 Å². The molecule has 0 heterocycles. The largest absolute Gasteiger partial charge is 0.0859 e. The van der Waals surface area contributed by atoms with Crippen LogP contribution in [-0.4, -0.2) is 0 Å². The lowest BCUT2D eigenvalue weighted by Gasteiger charge is -2.20. The predicted molar refractivity (Wildman–Crippen MR) is 55.2 cm³/mol. The van der Waals surface area contributed by atoms with E-state index in [9.17, 15) is 0 Å². The molecule has 12 heavy (non-hydrogen) atoms. The van der Waals surface area contributed by atoms with E-state index in [-0.39, 0.29) is 0 Å². The van der Waals surface area contributed by atoms with Gasteiger partial charge in [-0.1, -0.05) is 43.8 Å². The van der Waals surface area contributed by atoms with Crippen LogP contribution in [0.25, 0.3) is 0 Å². The van der Waals surface area contributed by atoms with Crippen LogP contribution in [-0.2, 0) is 0 Å². The van der Waals surface area contributed by atoms with Crippen LogP contribution in [0.1, 0.15) is 62.8 Å². The minimum absolute atomic E-state index is 0.554. The molecule has 70 valence electrons. The minimum Gasteiger partial charge on any atom is -0.0859 e. The zero-order valence-corrected chi connectivity index (χ0v) is 8.10. The van der Waals surface area contributed by atoms with Gasteiger partial charge in [0, 0.05) is 4.11 Å². The van der Waals surface area contributed by atoms with Crippen molar-refractivity contribution in [1.29, 1.82) is 0 Å². The van der Waals surface area contributed by atoms with Crippen LogP contribution in [0.2, 0.25) is 0 Å². The summed E-state index contributed by atoms with van der Waals surface area (Å²) < 4.78 is 21.7. The average molecular weight is 169 g/mol. The second-order valence-corrected chi connectivity index (χ2v) is 3.97. The van der Waals surface area contributed by atoms with E-state index >= 15 is 0 Å². The highest BCUT2D eigenvalue weighted by atomic mass is 14.2. The van der Waals surface area contributed by atoms with Gasteiger partial charge in [0.2, 0.25) is 0 Å². The molecule has 1 rings (SSSR count). The lowest BCUT2D eigenvalue weighted by atomic mass is 9.86. The maximum Gasteiger partial charge on any atom is 0.0276 e. The Balaban J connectivity index is 2.25. The summed E-state index contributed by atoms with van der Waals surface area (Å²) in [6.45, 7) is -0.166. The Labute approximate surface area is 81.3 Å². The van der Waals surface area contributed by atoms with E-state index in [1.54, 1.807) is 6.92 Å². The van der Waals surface area contributed by atoms with Gasteiger partial charge in [0.15, 0.2) is 0 Å². The topological polar surface area (TPSA) is 0 Å². The Hall–Kier alpha value is -0.260. The summed E-state index contributed by atoms with van der Waals surface area (Å²) in [6.07, 6.45) is 10.8. The fourth-order valence-electron chi connectivity index (χ4n) is 2.01. The highest BCUT2D eigenvalue weighted by molar-refractivity contribution is 4.93. The Morgan fingerprint density at radius 2 is 2.17 bits per heavy atom. The Morgan fingerprint density at radius 3 is 2.83 bits per heavy atom. The van der Waals surface area contributed by atoms with Crippen molar-refractivity contribution in [2.45, 2.75) is 58.7 Å². The average Bonchev–Trinajstić information content (AvgIpc) is 2.18. The van der Waals surface area contributed by atoms with Crippen LogP contribution in [0.5, 0.6) is 0 Å². The van der Waals surface area contributed by atoms with Crippen LogP contribution in [0.15, 0.2) is 11.6 Å². The van der Waals surface area contributed by atoms with Crippen molar-refractivity contribution in [2.75, 3.05) is 0 Å². The van der Waals surface area contributed by atoms with E-state index in [1.807, 2.05) is 6.08 Å². The van der Waals surface area contributed by atoms with Crippen molar-refractivity contribution in [3.63, 3.8) is 0 Å². The zero-order valence-electron chi connectivity index (χ0n) is 11.1. The molecule has 0 heteroatoms. The first kappa shape index (κ1) is 6.23. The minimum atomic E-state index is -1.88. The van der Waals surface area contributed by atoms with Crippen molar-refractivity contribution in [2.24, 2.45) is 5.92 Å². The Morgan fingerprint density at radius 1 is 1.42 bits per heavy atom. The van der Waals surface area contributed by atoms with E-state index in [4.69, 9.17) is 4.11 Å². The molecule has 0 atom stereocenters. The summed E-state index contributed by atoms with van der Waals surface area (Å²) in [6, 6.07) is 0.